The molecule has 5 heteroatoms. The van der Waals surface area contributed by atoms with Gasteiger partial charge in [-0.05, 0) is 49.4 Å². The van der Waals surface area contributed by atoms with Crippen LogP contribution in [0.2, 0.25) is 0 Å². The molecule has 0 unspecified atom stereocenters. The molecule has 2 aromatic heterocycles. The van der Waals surface area contributed by atoms with Crippen molar-refractivity contribution in [3.63, 3.8) is 0 Å². The van der Waals surface area contributed by atoms with Gasteiger partial charge >= 0.3 is 0 Å². The van der Waals surface area contributed by atoms with Crippen molar-refractivity contribution in [3.05, 3.63) is 77.9 Å². The van der Waals surface area contributed by atoms with E-state index in [1.54, 1.807) is 12.4 Å². The van der Waals surface area contributed by atoms with Crippen LogP contribution in [-0.2, 0) is 6.42 Å². The third-order valence-electron chi connectivity index (χ3n) is 3.60. The number of nitrogens with one attached hydrogen (secondary N) is 1. The first-order valence-electron chi connectivity index (χ1n) is 7.53. The number of carbonyl (C=O) groups is 1. The summed E-state index contributed by atoms with van der Waals surface area (Å²) in [6.45, 7) is 2.56. The summed E-state index contributed by atoms with van der Waals surface area (Å²) < 4.78 is 1.84. The molecule has 0 radical (unpaired) electrons. The van der Waals surface area contributed by atoms with Crippen LogP contribution in [0.1, 0.15) is 21.7 Å². The SMILES string of the molecule is Cc1ccnn1-c1ccc(C(=O)NCCc2ccccn2)cc1. The molecule has 0 spiro atoms. The van der Waals surface area contributed by atoms with Crippen LogP contribution in [0.15, 0.2) is 60.9 Å². The maximum atomic E-state index is 12.1. The van der Waals surface area contributed by atoms with Gasteiger partial charge in [-0.15, -0.1) is 0 Å². The highest BCUT2D eigenvalue weighted by atomic mass is 16.1. The number of aryl methyl sites for hydroxylation is 1. The van der Waals surface area contributed by atoms with Gasteiger partial charge in [-0.1, -0.05) is 6.07 Å². The predicted octanol–water partition coefficient (Wildman–Crippen LogP) is 2.55. The lowest BCUT2D eigenvalue weighted by atomic mass is 10.2. The highest BCUT2D eigenvalue weighted by molar-refractivity contribution is 5.94. The molecule has 0 fully saturated rings. The molecule has 3 rings (SSSR count). The molecule has 5 nitrogen and oxygen atoms in total. The standard InChI is InChI=1S/C18H18N4O/c1-14-9-13-21-22(14)17-7-5-15(6-8-17)18(23)20-12-10-16-4-2-3-11-19-16/h2-9,11,13H,10,12H2,1H3,(H,20,23). The van der Waals surface area contributed by atoms with Crippen molar-refractivity contribution in [1.29, 1.82) is 0 Å². The van der Waals surface area contributed by atoms with Gasteiger partial charge in [0.2, 0.25) is 0 Å². The predicted molar refractivity (Wildman–Crippen MR) is 88.6 cm³/mol. The molecule has 0 saturated carbocycles. The lowest BCUT2D eigenvalue weighted by molar-refractivity contribution is 0.0954. The van der Waals surface area contributed by atoms with Gasteiger partial charge in [0.15, 0.2) is 0 Å². The number of amides is 1. The quantitative estimate of drug-likeness (QED) is 0.788. The molecule has 1 amide bonds. The first kappa shape index (κ1) is 15.0. The van der Waals surface area contributed by atoms with Crippen LogP contribution in [0.25, 0.3) is 5.69 Å². The summed E-state index contributed by atoms with van der Waals surface area (Å²) >= 11 is 0. The van der Waals surface area contributed by atoms with Gasteiger partial charge in [-0.2, -0.15) is 5.10 Å². The van der Waals surface area contributed by atoms with Crippen molar-refractivity contribution < 1.29 is 4.79 Å². The van der Waals surface area contributed by atoms with Crippen LogP contribution in [0.3, 0.4) is 0 Å². The normalized spacial score (nSPS) is 10.5. The van der Waals surface area contributed by atoms with Crippen molar-refractivity contribution in [2.75, 3.05) is 6.54 Å². The van der Waals surface area contributed by atoms with Crippen LogP contribution >= 0.6 is 0 Å². The second-order valence-electron chi connectivity index (χ2n) is 5.26. The monoisotopic (exact) mass is 306 g/mol. The molecule has 23 heavy (non-hydrogen) atoms. The third-order valence-corrected chi connectivity index (χ3v) is 3.60. The molecule has 0 bridgehead atoms. The van der Waals surface area contributed by atoms with Gasteiger partial charge < -0.3 is 5.32 Å². The van der Waals surface area contributed by atoms with Gasteiger partial charge in [0.25, 0.3) is 5.91 Å². The minimum Gasteiger partial charge on any atom is -0.352 e. The topological polar surface area (TPSA) is 59.8 Å². The van der Waals surface area contributed by atoms with E-state index in [1.165, 1.54) is 0 Å². The number of nitrogens with zero attached hydrogens (tertiary/aromatic N) is 3. The first-order chi connectivity index (χ1) is 11.2. The molecule has 0 aliphatic heterocycles. The van der Waals surface area contributed by atoms with Gasteiger partial charge in [-0.3, -0.25) is 9.78 Å². The molecule has 0 saturated heterocycles. The highest BCUT2D eigenvalue weighted by Crippen LogP contribution is 2.11. The van der Waals surface area contributed by atoms with Crippen molar-refractivity contribution in [1.82, 2.24) is 20.1 Å². The minimum atomic E-state index is -0.0790. The Labute approximate surface area is 135 Å². The average Bonchev–Trinajstić information content (AvgIpc) is 3.02. The van der Waals surface area contributed by atoms with Gasteiger partial charge in [0.1, 0.15) is 0 Å². The van der Waals surface area contributed by atoms with E-state index >= 15 is 0 Å². The van der Waals surface area contributed by atoms with E-state index in [1.807, 2.05) is 60.1 Å². The molecular formula is C18H18N4O. The molecule has 0 aliphatic carbocycles. The summed E-state index contributed by atoms with van der Waals surface area (Å²) in [5.74, 6) is -0.0790. The Kier molecular flexibility index (Phi) is 4.47. The van der Waals surface area contributed by atoms with Crippen molar-refractivity contribution in [2.24, 2.45) is 0 Å². The number of aromatic nitrogens is 3. The Morgan fingerprint density at radius 2 is 1.91 bits per heavy atom. The smallest absolute Gasteiger partial charge is 0.251 e. The Morgan fingerprint density at radius 3 is 2.57 bits per heavy atom. The molecule has 3 aromatic rings. The molecule has 116 valence electrons. The minimum absolute atomic E-state index is 0.0790. The number of benzene rings is 1. The van der Waals surface area contributed by atoms with E-state index in [0.717, 1.165) is 23.5 Å². The largest absolute Gasteiger partial charge is 0.352 e. The highest BCUT2D eigenvalue weighted by Gasteiger charge is 2.06. The van der Waals surface area contributed by atoms with E-state index in [4.69, 9.17) is 0 Å². The van der Waals surface area contributed by atoms with Crippen LogP contribution in [0, 0.1) is 6.92 Å². The van der Waals surface area contributed by atoms with Gasteiger partial charge in [0.05, 0.1) is 5.69 Å². The van der Waals surface area contributed by atoms with Crippen LogP contribution in [-0.4, -0.2) is 27.2 Å². The van der Waals surface area contributed by atoms with Crippen molar-refractivity contribution in [2.45, 2.75) is 13.3 Å². The van der Waals surface area contributed by atoms with Crippen molar-refractivity contribution in [3.8, 4) is 5.69 Å². The zero-order valence-electron chi connectivity index (χ0n) is 12.9. The Hall–Kier alpha value is -2.95. The summed E-state index contributed by atoms with van der Waals surface area (Å²) in [6, 6.07) is 15.1. The summed E-state index contributed by atoms with van der Waals surface area (Å²) in [6.07, 6.45) is 4.23. The summed E-state index contributed by atoms with van der Waals surface area (Å²) in [5.41, 5.74) is 3.60. The molecule has 1 N–H and O–H groups in total. The van der Waals surface area contributed by atoms with Gasteiger partial charge in [0, 0.05) is 42.3 Å². The number of carbonyl (C=O) groups excluding carboxylic acids is 1. The Morgan fingerprint density at radius 1 is 1.09 bits per heavy atom. The van der Waals surface area contributed by atoms with E-state index in [2.05, 4.69) is 15.4 Å². The van der Waals surface area contributed by atoms with E-state index in [0.29, 0.717) is 12.1 Å². The number of hydrogen-bond acceptors (Lipinski definition) is 3. The zero-order valence-corrected chi connectivity index (χ0v) is 12.9. The maximum Gasteiger partial charge on any atom is 0.251 e. The fraction of sp³-hybridized carbons (Fsp3) is 0.167. The lowest BCUT2D eigenvalue weighted by Crippen LogP contribution is -2.25. The molecule has 1 aromatic carbocycles. The van der Waals surface area contributed by atoms with Crippen LogP contribution < -0.4 is 5.32 Å². The summed E-state index contributed by atoms with van der Waals surface area (Å²) in [4.78, 5) is 16.4. The van der Waals surface area contributed by atoms with Crippen LogP contribution in [0.5, 0.6) is 0 Å². The fourth-order valence-corrected chi connectivity index (χ4v) is 2.35. The van der Waals surface area contributed by atoms with Crippen molar-refractivity contribution >= 4 is 5.91 Å². The molecule has 0 atom stereocenters. The first-order valence-corrected chi connectivity index (χ1v) is 7.53. The molecule has 2 heterocycles. The fourth-order valence-electron chi connectivity index (χ4n) is 2.35. The van der Waals surface area contributed by atoms with E-state index in [9.17, 15) is 4.79 Å². The summed E-state index contributed by atoms with van der Waals surface area (Å²) in [5, 5.41) is 7.16. The third kappa shape index (κ3) is 3.63. The molecular weight excluding hydrogens is 288 g/mol. The molecule has 0 aliphatic rings. The second kappa shape index (κ2) is 6.87. The van der Waals surface area contributed by atoms with Crippen LogP contribution in [0.4, 0.5) is 0 Å². The average molecular weight is 306 g/mol. The second-order valence-corrected chi connectivity index (χ2v) is 5.26. The Bertz CT molecular complexity index is 778. The van der Waals surface area contributed by atoms with Gasteiger partial charge in [-0.25, -0.2) is 4.68 Å². The van der Waals surface area contributed by atoms with E-state index in [-0.39, 0.29) is 5.91 Å². The van der Waals surface area contributed by atoms with E-state index < -0.39 is 0 Å². The number of pyridine rings is 1. The summed E-state index contributed by atoms with van der Waals surface area (Å²) in [7, 11) is 0. The maximum absolute atomic E-state index is 12.1. The number of hydrogen-bond donors (Lipinski definition) is 1. The number of rotatable bonds is 5. The zero-order chi connectivity index (χ0) is 16.1. The lowest BCUT2D eigenvalue weighted by Gasteiger charge is -2.07. The Balaban J connectivity index is 1.59.